The number of hydrogen-bond acceptors (Lipinski definition) is 4. The van der Waals surface area contributed by atoms with Crippen LogP contribution in [0.3, 0.4) is 0 Å². The van der Waals surface area contributed by atoms with Crippen molar-refractivity contribution in [3.63, 3.8) is 0 Å². The maximum atomic E-state index is 13.7. The van der Waals surface area contributed by atoms with Gasteiger partial charge in [0.1, 0.15) is 30.1 Å². The van der Waals surface area contributed by atoms with Gasteiger partial charge >= 0.3 is 0 Å². The molecule has 0 bridgehead atoms. The van der Waals surface area contributed by atoms with Crippen LogP contribution in [0, 0.1) is 11.6 Å². The number of ether oxygens (including phenoxy) is 1. The number of H-pyrrole nitrogens is 1. The molecule has 0 saturated carbocycles. The summed E-state index contributed by atoms with van der Waals surface area (Å²) in [6.07, 6.45) is -0.00662. The summed E-state index contributed by atoms with van der Waals surface area (Å²) >= 11 is 0. The summed E-state index contributed by atoms with van der Waals surface area (Å²) in [6, 6.07) is 8.53. The standard InChI is InChI=1S/C22H23F2N3O3/c1-13(28)25-21-9-15(24)3-5-22(21)30-12-16(29)10-27-7-6-20-18(11-27)17-8-14(23)2-4-19(17)26-20/h2-5,8-9,16,26,29H,6-7,10-12H2,1H3,(H,25,28). The van der Waals surface area contributed by atoms with Crippen molar-refractivity contribution in [2.24, 2.45) is 0 Å². The zero-order valence-electron chi connectivity index (χ0n) is 16.5. The largest absolute Gasteiger partial charge is 0.489 e. The van der Waals surface area contributed by atoms with Crippen LogP contribution in [0.15, 0.2) is 36.4 Å². The van der Waals surface area contributed by atoms with E-state index in [1.165, 1.54) is 37.3 Å². The molecule has 1 aromatic heterocycles. The summed E-state index contributed by atoms with van der Waals surface area (Å²) in [7, 11) is 0. The summed E-state index contributed by atoms with van der Waals surface area (Å²) in [5.41, 5.74) is 3.28. The lowest BCUT2D eigenvalue weighted by atomic mass is 10.0. The monoisotopic (exact) mass is 415 g/mol. The number of halogens is 2. The maximum absolute atomic E-state index is 13.7. The Bertz CT molecular complexity index is 1080. The Morgan fingerprint density at radius 1 is 1.27 bits per heavy atom. The number of aromatic amines is 1. The molecule has 2 aromatic carbocycles. The van der Waals surface area contributed by atoms with Crippen LogP contribution in [-0.4, -0.2) is 46.7 Å². The molecule has 2 heterocycles. The molecule has 4 rings (SSSR count). The Morgan fingerprint density at radius 2 is 2.03 bits per heavy atom. The lowest BCUT2D eigenvalue weighted by Crippen LogP contribution is -2.38. The second-order valence-electron chi connectivity index (χ2n) is 7.54. The van der Waals surface area contributed by atoms with Crippen LogP contribution in [0.2, 0.25) is 0 Å². The summed E-state index contributed by atoms with van der Waals surface area (Å²) in [5, 5.41) is 13.8. The molecule has 0 saturated heterocycles. The van der Waals surface area contributed by atoms with E-state index in [-0.39, 0.29) is 24.0 Å². The SMILES string of the molecule is CC(=O)Nc1cc(F)ccc1OCC(O)CN1CCc2[nH]c3ccc(F)cc3c2C1. The minimum atomic E-state index is -0.788. The normalized spacial score (nSPS) is 15.1. The van der Waals surface area contributed by atoms with Crippen molar-refractivity contribution in [3.8, 4) is 5.75 Å². The quantitative estimate of drug-likeness (QED) is 0.578. The van der Waals surface area contributed by atoms with E-state index in [1.54, 1.807) is 6.07 Å². The lowest BCUT2D eigenvalue weighted by Gasteiger charge is -2.29. The van der Waals surface area contributed by atoms with Crippen LogP contribution in [0.25, 0.3) is 10.9 Å². The first kappa shape index (κ1) is 20.3. The van der Waals surface area contributed by atoms with E-state index < -0.39 is 11.9 Å². The van der Waals surface area contributed by atoms with Crippen molar-refractivity contribution in [3.05, 3.63) is 59.3 Å². The van der Waals surface area contributed by atoms with Crippen molar-refractivity contribution >= 4 is 22.5 Å². The Labute approximate surface area is 172 Å². The van der Waals surface area contributed by atoms with E-state index in [9.17, 15) is 18.7 Å². The van der Waals surface area contributed by atoms with Crippen molar-refractivity contribution in [2.45, 2.75) is 26.0 Å². The molecule has 1 unspecified atom stereocenters. The average molecular weight is 415 g/mol. The number of benzene rings is 2. The first-order valence-corrected chi connectivity index (χ1v) is 9.78. The topological polar surface area (TPSA) is 77.6 Å². The molecule has 0 spiro atoms. The first-order valence-electron chi connectivity index (χ1n) is 9.78. The van der Waals surface area contributed by atoms with Gasteiger partial charge in [0.15, 0.2) is 0 Å². The van der Waals surface area contributed by atoms with Crippen LogP contribution in [0.4, 0.5) is 14.5 Å². The molecule has 6 nitrogen and oxygen atoms in total. The van der Waals surface area contributed by atoms with Crippen molar-refractivity contribution in [2.75, 3.05) is 25.0 Å². The number of aliphatic hydroxyl groups excluding tert-OH is 1. The van der Waals surface area contributed by atoms with Crippen LogP contribution in [0.5, 0.6) is 5.75 Å². The second kappa shape index (κ2) is 8.41. The Balaban J connectivity index is 1.39. The predicted molar refractivity (Wildman–Crippen MR) is 109 cm³/mol. The number of nitrogens with one attached hydrogen (secondary N) is 2. The van der Waals surface area contributed by atoms with E-state index in [4.69, 9.17) is 4.74 Å². The fourth-order valence-electron chi connectivity index (χ4n) is 3.85. The molecule has 0 fully saturated rings. The van der Waals surface area contributed by atoms with Crippen LogP contribution in [0.1, 0.15) is 18.2 Å². The number of carbonyl (C=O) groups excluding carboxylic acids is 1. The predicted octanol–water partition coefficient (Wildman–Crippen LogP) is 3.20. The van der Waals surface area contributed by atoms with Crippen LogP contribution in [-0.2, 0) is 17.8 Å². The lowest BCUT2D eigenvalue weighted by molar-refractivity contribution is -0.114. The van der Waals surface area contributed by atoms with Gasteiger partial charge in [-0.15, -0.1) is 0 Å². The molecular weight excluding hydrogens is 392 g/mol. The van der Waals surface area contributed by atoms with Gasteiger partial charge in [0.05, 0.1) is 5.69 Å². The molecule has 1 aliphatic rings. The minimum Gasteiger partial charge on any atom is -0.489 e. The van der Waals surface area contributed by atoms with Crippen molar-refractivity contribution in [1.29, 1.82) is 0 Å². The third-order valence-corrected chi connectivity index (χ3v) is 5.17. The molecule has 3 N–H and O–H groups in total. The third kappa shape index (κ3) is 4.44. The zero-order valence-corrected chi connectivity index (χ0v) is 16.5. The summed E-state index contributed by atoms with van der Waals surface area (Å²) in [5.74, 6) is -0.820. The number of aliphatic hydroxyl groups is 1. The number of fused-ring (bicyclic) bond motifs is 3. The van der Waals surface area contributed by atoms with Crippen molar-refractivity contribution in [1.82, 2.24) is 9.88 Å². The Morgan fingerprint density at radius 3 is 2.83 bits per heavy atom. The molecule has 1 atom stereocenters. The fourth-order valence-corrected chi connectivity index (χ4v) is 3.85. The van der Waals surface area contributed by atoms with Gasteiger partial charge in [-0.1, -0.05) is 0 Å². The number of β-amino-alcohol motifs (C(OH)–C–C–N with tert-alkyl or cyclic N) is 1. The third-order valence-electron chi connectivity index (χ3n) is 5.17. The molecule has 0 radical (unpaired) electrons. The van der Waals surface area contributed by atoms with E-state index >= 15 is 0 Å². The molecule has 8 heteroatoms. The van der Waals surface area contributed by atoms with Crippen LogP contribution < -0.4 is 10.1 Å². The van der Waals surface area contributed by atoms with Gasteiger partial charge in [-0.2, -0.15) is 0 Å². The van der Waals surface area contributed by atoms with E-state index in [1.807, 2.05) is 0 Å². The highest BCUT2D eigenvalue weighted by Crippen LogP contribution is 2.29. The Kier molecular flexibility index (Phi) is 5.69. The van der Waals surface area contributed by atoms with Crippen molar-refractivity contribution < 1.29 is 23.4 Å². The van der Waals surface area contributed by atoms with Gasteiger partial charge in [-0.3, -0.25) is 9.69 Å². The molecule has 1 amide bonds. The summed E-state index contributed by atoms with van der Waals surface area (Å²) < 4.78 is 32.7. The number of amides is 1. The number of anilines is 1. The molecule has 158 valence electrons. The first-order chi connectivity index (χ1) is 14.4. The molecule has 30 heavy (non-hydrogen) atoms. The smallest absolute Gasteiger partial charge is 0.221 e. The van der Waals surface area contributed by atoms with Gasteiger partial charge in [-0.05, 0) is 35.9 Å². The molecule has 0 aliphatic carbocycles. The highest BCUT2D eigenvalue weighted by Gasteiger charge is 2.23. The minimum absolute atomic E-state index is 0.00983. The second-order valence-corrected chi connectivity index (χ2v) is 7.54. The number of aromatic nitrogens is 1. The molecule has 3 aromatic rings. The summed E-state index contributed by atoms with van der Waals surface area (Å²) in [6.45, 7) is 3.05. The highest BCUT2D eigenvalue weighted by molar-refractivity contribution is 5.90. The van der Waals surface area contributed by atoms with Crippen LogP contribution >= 0.6 is 0 Å². The van der Waals surface area contributed by atoms with E-state index in [2.05, 4.69) is 15.2 Å². The van der Waals surface area contributed by atoms with Gasteiger partial charge in [0.2, 0.25) is 5.91 Å². The van der Waals surface area contributed by atoms with E-state index in [0.717, 1.165) is 35.1 Å². The van der Waals surface area contributed by atoms with Gasteiger partial charge < -0.3 is 20.1 Å². The van der Waals surface area contributed by atoms with Gasteiger partial charge in [-0.25, -0.2) is 8.78 Å². The number of rotatable bonds is 6. The number of carbonyl (C=O) groups is 1. The summed E-state index contributed by atoms with van der Waals surface area (Å²) in [4.78, 5) is 16.7. The molecule has 1 aliphatic heterocycles. The number of hydrogen-bond donors (Lipinski definition) is 3. The zero-order chi connectivity index (χ0) is 21.3. The number of nitrogens with zero attached hydrogens (tertiary/aromatic N) is 1. The average Bonchev–Trinajstić information content (AvgIpc) is 3.04. The Hall–Kier alpha value is -2.97. The fraction of sp³-hybridized carbons (Fsp3) is 0.318. The van der Waals surface area contributed by atoms with Gasteiger partial charge in [0, 0.05) is 55.6 Å². The molecular formula is C22H23F2N3O3. The van der Waals surface area contributed by atoms with E-state index in [0.29, 0.717) is 18.8 Å². The van der Waals surface area contributed by atoms with Gasteiger partial charge in [0.25, 0.3) is 0 Å². The highest BCUT2D eigenvalue weighted by atomic mass is 19.1. The maximum Gasteiger partial charge on any atom is 0.221 e.